The lowest BCUT2D eigenvalue weighted by molar-refractivity contribution is 0.0666. The van der Waals surface area contributed by atoms with E-state index >= 15 is 0 Å². The molecule has 0 unspecified atom stereocenters. The SMILES string of the molecule is CCOc1ccc(C(=O)N2CCC[C@@H](c3ncncc3-c3ccncc3)C2)o1. The van der Waals surface area contributed by atoms with Crippen LogP contribution in [0.1, 0.15) is 41.9 Å². The molecule has 144 valence electrons. The molecule has 7 nitrogen and oxygen atoms in total. The summed E-state index contributed by atoms with van der Waals surface area (Å²) in [5.74, 6) is 0.705. The van der Waals surface area contributed by atoms with Crippen LogP contribution in [-0.2, 0) is 0 Å². The van der Waals surface area contributed by atoms with E-state index in [-0.39, 0.29) is 11.8 Å². The van der Waals surface area contributed by atoms with Crippen LogP contribution in [0.5, 0.6) is 5.95 Å². The first-order valence-corrected chi connectivity index (χ1v) is 9.48. The van der Waals surface area contributed by atoms with Gasteiger partial charge in [0.1, 0.15) is 6.33 Å². The van der Waals surface area contributed by atoms with Gasteiger partial charge in [-0.15, -0.1) is 0 Å². The minimum absolute atomic E-state index is 0.116. The highest BCUT2D eigenvalue weighted by molar-refractivity contribution is 5.91. The number of hydrogen-bond donors (Lipinski definition) is 0. The van der Waals surface area contributed by atoms with Crippen molar-refractivity contribution in [2.75, 3.05) is 19.7 Å². The fourth-order valence-electron chi connectivity index (χ4n) is 3.61. The minimum atomic E-state index is -0.116. The molecule has 1 amide bonds. The highest BCUT2D eigenvalue weighted by atomic mass is 16.6. The number of aromatic nitrogens is 3. The minimum Gasteiger partial charge on any atom is -0.465 e. The lowest BCUT2D eigenvalue weighted by Crippen LogP contribution is -2.39. The van der Waals surface area contributed by atoms with Gasteiger partial charge >= 0.3 is 0 Å². The Bertz CT molecular complexity index is 942. The first kappa shape index (κ1) is 18.2. The third-order valence-electron chi connectivity index (χ3n) is 4.91. The van der Waals surface area contributed by atoms with E-state index in [1.165, 1.54) is 0 Å². The average molecular weight is 378 g/mol. The number of likely N-dealkylation sites (tertiary alicyclic amines) is 1. The van der Waals surface area contributed by atoms with Crippen LogP contribution in [0.2, 0.25) is 0 Å². The number of carbonyl (C=O) groups is 1. The van der Waals surface area contributed by atoms with Gasteiger partial charge in [0.15, 0.2) is 5.76 Å². The van der Waals surface area contributed by atoms with E-state index in [1.54, 1.807) is 30.9 Å². The molecule has 1 aliphatic heterocycles. The normalized spacial score (nSPS) is 16.8. The number of amides is 1. The molecule has 0 radical (unpaired) electrons. The summed E-state index contributed by atoms with van der Waals surface area (Å²) >= 11 is 0. The van der Waals surface area contributed by atoms with Gasteiger partial charge in [-0.25, -0.2) is 9.97 Å². The van der Waals surface area contributed by atoms with E-state index in [9.17, 15) is 4.79 Å². The van der Waals surface area contributed by atoms with Gasteiger partial charge in [-0.2, -0.15) is 0 Å². The quantitative estimate of drug-likeness (QED) is 0.675. The predicted molar refractivity (Wildman–Crippen MR) is 103 cm³/mol. The van der Waals surface area contributed by atoms with Gasteiger partial charge in [0.25, 0.3) is 11.9 Å². The fraction of sp³-hybridized carbons (Fsp3) is 0.333. The molecule has 3 aromatic rings. The number of carbonyl (C=O) groups excluding carboxylic acids is 1. The van der Waals surface area contributed by atoms with Crippen LogP contribution in [0.4, 0.5) is 0 Å². The van der Waals surface area contributed by atoms with Gasteiger partial charge < -0.3 is 14.1 Å². The van der Waals surface area contributed by atoms with Crippen LogP contribution in [0.3, 0.4) is 0 Å². The molecule has 1 aliphatic rings. The van der Waals surface area contributed by atoms with Crippen molar-refractivity contribution in [1.29, 1.82) is 0 Å². The number of rotatable bonds is 5. The summed E-state index contributed by atoms with van der Waals surface area (Å²) in [7, 11) is 0. The zero-order chi connectivity index (χ0) is 19.3. The summed E-state index contributed by atoms with van der Waals surface area (Å²) in [6.45, 7) is 3.67. The van der Waals surface area contributed by atoms with E-state index in [4.69, 9.17) is 9.15 Å². The van der Waals surface area contributed by atoms with E-state index < -0.39 is 0 Å². The number of hydrogen-bond acceptors (Lipinski definition) is 6. The Morgan fingerprint density at radius 3 is 2.93 bits per heavy atom. The third-order valence-corrected chi connectivity index (χ3v) is 4.91. The zero-order valence-corrected chi connectivity index (χ0v) is 15.7. The van der Waals surface area contributed by atoms with Crippen LogP contribution in [0.15, 0.2) is 53.6 Å². The molecule has 0 aliphatic carbocycles. The Morgan fingerprint density at radius 2 is 2.11 bits per heavy atom. The molecule has 0 aromatic carbocycles. The molecule has 7 heteroatoms. The molecule has 1 saturated heterocycles. The molecule has 28 heavy (non-hydrogen) atoms. The zero-order valence-electron chi connectivity index (χ0n) is 15.7. The van der Waals surface area contributed by atoms with Crippen LogP contribution < -0.4 is 4.74 Å². The standard InChI is InChI=1S/C21H22N4O3/c1-2-27-19-6-5-18(28-19)21(26)25-11-3-4-16(13-25)20-17(12-23-14-24-20)15-7-9-22-10-8-15/h5-10,12,14,16H,2-4,11,13H2,1H3/t16-/m1/s1. The highest BCUT2D eigenvalue weighted by Gasteiger charge is 2.29. The molecule has 0 spiro atoms. The molecule has 0 saturated carbocycles. The Kier molecular flexibility index (Phi) is 5.32. The molecule has 0 bridgehead atoms. The molecule has 3 aromatic heterocycles. The van der Waals surface area contributed by atoms with Crippen molar-refractivity contribution < 1.29 is 13.9 Å². The second-order valence-electron chi connectivity index (χ2n) is 6.70. The number of nitrogens with zero attached hydrogens (tertiary/aromatic N) is 4. The van der Waals surface area contributed by atoms with Crippen molar-refractivity contribution in [3.05, 3.63) is 60.6 Å². The fourth-order valence-corrected chi connectivity index (χ4v) is 3.61. The molecule has 0 N–H and O–H groups in total. The van der Waals surface area contributed by atoms with Gasteiger partial charge in [0, 0.05) is 49.2 Å². The molecule has 1 atom stereocenters. The van der Waals surface area contributed by atoms with Crippen molar-refractivity contribution >= 4 is 5.91 Å². The Hall–Kier alpha value is -3.22. The van der Waals surface area contributed by atoms with Gasteiger partial charge in [0.2, 0.25) is 0 Å². The number of pyridine rings is 1. The van der Waals surface area contributed by atoms with Crippen LogP contribution in [-0.4, -0.2) is 45.5 Å². The topological polar surface area (TPSA) is 81.4 Å². The summed E-state index contributed by atoms with van der Waals surface area (Å²) in [4.78, 5) is 27.6. The predicted octanol–water partition coefficient (Wildman–Crippen LogP) is 3.55. The second-order valence-corrected chi connectivity index (χ2v) is 6.70. The maximum absolute atomic E-state index is 12.9. The summed E-state index contributed by atoms with van der Waals surface area (Å²) in [6, 6.07) is 7.26. The maximum atomic E-state index is 12.9. The van der Waals surface area contributed by atoms with Crippen LogP contribution in [0.25, 0.3) is 11.1 Å². The largest absolute Gasteiger partial charge is 0.465 e. The smallest absolute Gasteiger partial charge is 0.289 e. The molecule has 4 rings (SSSR count). The van der Waals surface area contributed by atoms with E-state index in [0.29, 0.717) is 31.4 Å². The van der Waals surface area contributed by atoms with E-state index in [2.05, 4.69) is 15.0 Å². The van der Waals surface area contributed by atoms with Crippen molar-refractivity contribution in [3.8, 4) is 17.1 Å². The van der Waals surface area contributed by atoms with Crippen LogP contribution in [0, 0.1) is 0 Å². The van der Waals surface area contributed by atoms with Crippen LogP contribution >= 0.6 is 0 Å². The first-order chi connectivity index (χ1) is 13.8. The number of piperidine rings is 1. The average Bonchev–Trinajstić information content (AvgIpc) is 3.23. The van der Waals surface area contributed by atoms with Crippen molar-refractivity contribution in [3.63, 3.8) is 0 Å². The molecule has 4 heterocycles. The number of ether oxygens (including phenoxy) is 1. The lowest BCUT2D eigenvalue weighted by Gasteiger charge is -2.32. The van der Waals surface area contributed by atoms with E-state index in [1.807, 2.05) is 30.2 Å². The summed E-state index contributed by atoms with van der Waals surface area (Å²) < 4.78 is 10.8. The van der Waals surface area contributed by atoms with Crippen molar-refractivity contribution in [1.82, 2.24) is 19.9 Å². The number of furan rings is 1. The highest BCUT2D eigenvalue weighted by Crippen LogP contribution is 2.33. The third kappa shape index (κ3) is 3.74. The maximum Gasteiger partial charge on any atom is 0.289 e. The molecule has 1 fully saturated rings. The molecular weight excluding hydrogens is 356 g/mol. The van der Waals surface area contributed by atoms with Gasteiger partial charge in [0.05, 0.1) is 12.3 Å². The van der Waals surface area contributed by atoms with Gasteiger partial charge in [-0.1, -0.05) is 0 Å². The summed E-state index contributed by atoms with van der Waals surface area (Å²) in [5, 5.41) is 0. The summed E-state index contributed by atoms with van der Waals surface area (Å²) in [5.41, 5.74) is 2.98. The Labute approximate surface area is 163 Å². The second kappa shape index (κ2) is 8.21. The summed E-state index contributed by atoms with van der Waals surface area (Å²) in [6.07, 6.45) is 8.81. The lowest BCUT2D eigenvalue weighted by atomic mass is 9.90. The van der Waals surface area contributed by atoms with Crippen molar-refractivity contribution in [2.24, 2.45) is 0 Å². The Balaban J connectivity index is 1.55. The van der Waals surface area contributed by atoms with Gasteiger partial charge in [-0.3, -0.25) is 9.78 Å². The monoisotopic (exact) mass is 378 g/mol. The van der Waals surface area contributed by atoms with Gasteiger partial charge in [-0.05, 0) is 43.5 Å². The van der Waals surface area contributed by atoms with Crippen molar-refractivity contribution in [2.45, 2.75) is 25.7 Å². The molecular formula is C21H22N4O3. The Morgan fingerprint density at radius 1 is 1.25 bits per heavy atom. The first-order valence-electron chi connectivity index (χ1n) is 9.48. The van der Waals surface area contributed by atoms with E-state index in [0.717, 1.165) is 29.7 Å².